The molecular weight excluding hydrogens is 204 g/mol. The molecule has 1 unspecified atom stereocenters. The van der Waals surface area contributed by atoms with Gasteiger partial charge in [0.1, 0.15) is 0 Å². The van der Waals surface area contributed by atoms with Crippen LogP contribution < -0.4 is 5.32 Å². The van der Waals surface area contributed by atoms with Gasteiger partial charge in [0.05, 0.1) is 0 Å². The van der Waals surface area contributed by atoms with Crippen LogP contribution >= 0.6 is 0 Å². The van der Waals surface area contributed by atoms with Crippen LogP contribution in [0.4, 0.5) is 4.79 Å². The topological polar surface area (TPSA) is 52.6 Å². The summed E-state index contributed by atoms with van der Waals surface area (Å²) in [6.07, 6.45) is 6.64. The lowest BCUT2D eigenvalue weighted by atomic mass is 10.1. The van der Waals surface area contributed by atoms with E-state index < -0.39 is 0 Å². The van der Waals surface area contributed by atoms with Gasteiger partial charge in [-0.15, -0.1) is 0 Å². The number of amides is 2. The zero-order chi connectivity index (χ0) is 11.4. The van der Waals surface area contributed by atoms with Crippen molar-refractivity contribution in [2.45, 2.75) is 44.6 Å². The minimum absolute atomic E-state index is 0.104. The van der Waals surface area contributed by atoms with Gasteiger partial charge in [0.15, 0.2) is 0 Å². The van der Waals surface area contributed by atoms with Crippen molar-refractivity contribution in [3.63, 3.8) is 0 Å². The van der Waals surface area contributed by atoms with Crippen molar-refractivity contribution in [2.24, 2.45) is 5.92 Å². The number of nitrogens with one attached hydrogen (secondary N) is 1. The van der Waals surface area contributed by atoms with Crippen LogP contribution in [-0.2, 0) is 0 Å². The van der Waals surface area contributed by atoms with Crippen molar-refractivity contribution in [1.82, 2.24) is 10.2 Å². The predicted molar refractivity (Wildman–Crippen MR) is 62.2 cm³/mol. The van der Waals surface area contributed by atoms with Gasteiger partial charge in [-0.25, -0.2) is 4.79 Å². The average Bonchev–Trinajstić information content (AvgIpc) is 2.89. The van der Waals surface area contributed by atoms with Crippen molar-refractivity contribution in [2.75, 3.05) is 19.7 Å². The first-order valence-electron chi connectivity index (χ1n) is 6.46. The fourth-order valence-corrected chi connectivity index (χ4v) is 2.77. The Morgan fingerprint density at radius 3 is 2.75 bits per heavy atom. The lowest BCUT2D eigenvalue weighted by Gasteiger charge is -2.20. The molecule has 16 heavy (non-hydrogen) atoms. The van der Waals surface area contributed by atoms with E-state index in [1.807, 2.05) is 4.90 Å². The Hall–Kier alpha value is -0.770. The average molecular weight is 226 g/mol. The molecule has 0 aromatic carbocycles. The number of aliphatic hydroxyl groups excluding tert-OH is 1. The first-order valence-corrected chi connectivity index (χ1v) is 6.46. The summed E-state index contributed by atoms with van der Waals surface area (Å²) in [6.45, 7) is 1.91. The standard InChI is InChI=1S/C12H22N2O2/c15-8-6-10-5-7-14(9-10)12(16)13-11-3-1-2-4-11/h10-11,15H,1-9H2,(H,13,16). The van der Waals surface area contributed by atoms with E-state index >= 15 is 0 Å². The van der Waals surface area contributed by atoms with Gasteiger partial charge in [0, 0.05) is 25.7 Å². The van der Waals surface area contributed by atoms with E-state index in [0.717, 1.165) is 38.8 Å². The van der Waals surface area contributed by atoms with Gasteiger partial charge in [0.25, 0.3) is 0 Å². The van der Waals surface area contributed by atoms with Gasteiger partial charge >= 0.3 is 6.03 Å². The molecule has 0 radical (unpaired) electrons. The summed E-state index contributed by atoms with van der Waals surface area (Å²) in [6, 6.07) is 0.511. The first-order chi connectivity index (χ1) is 7.79. The molecule has 2 fully saturated rings. The molecule has 92 valence electrons. The summed E-state index contributed by atoms with van der Waals surface area (Å²) >= 11 is 0. The Kier molecular flexibility index (Phi) is 4.04. The van der Waals surface area contributed by atoms with E-state index in [9.17, 15) is 4.79 Å². The molecule has 1 saturated heterocycles. The third kappa shape index (κ3) is 2.88. The van der Waals surface area contributed by atoms with E-state index in [4.69, 9.17) is 5.11 Å². The molecule has 1 aliphatic heterocycles. The van der Waals surface area contributed by atoms with E-state index in [0.29, 0.717) is 12.0 Å². The molecular formula is C12H22N2O2. The van der Waals surface area contributed by atoms with Crippen molar-refractivity contribution < 1.29 is 9.90 Å². The Labute approximate surface area is 97.0 Å². The number of nitrogens with zero attached hydrogens (tertiary/aromatic N) is 1. The molecule has 0 spiro atoms. The summed E-state index contributed by atoms with van der Waals surface area (Å²) in [7, 11) is 0. The Morgan fingerprint density at radius 2 is 2.06 bits per heavy atom. The fourth-order valence-electron chi connectivity index (χ4n) is 2.77. The smallest absolute Gasteiger partial charge is 0.317 e. The predicted octanol–water partition coefficient (Wildman–Crippen LogP) is 1.34. The highest BCUT2D eigenvalue weighted by Gasteiger charge is 2.27. The van der Waals surface area contributed by atoms with Crippen LogP contribution in [0.2, 0.25) is 0 Å². The van der Waals surface area contributed by atoms with Crippen molar-refractivity contribution in [3.8, 4) is 0 Å². The Bertz CT molecular complexity index is 239. The summed E-state index contributed by atoms with van der Waals surface area (Å²) in [5.41, 5.74) is 0. The summed E-state index contributed by atoms with van der Waals surface area (Å²) in [5.74, 6) is 0.499. The molecule has 1 saturated carbocycles. The van der Waals surface area contributed by atoms with Gasteiger partial charge in [-0.1, -0.05) is 12.8 Å². The lowest BCUT2D eigenvalue weighted by Crippen LogP contribution is -2.42. The maximum Gasteiger partial charge on any atom is 0.317 e. The molecule has 2 aliphatic rings. The highest BCUT2D eigenvalue weighted by atomic mass is 16.3. The van der Waals surface area contributed by atoms with Crippen LogP contribution in [0.25, 0.3) is 0 Å². The van der Waals surface area contributed by atoms with Crippen LogP contribution in [-0.4, -0.2) is 41.8 Å². The molecule has 0 bridgehead atoms. The second-order valence-electron chi connectivity index (χ2n) is 5.04. The molecule has 1 aliphatic carbocycles. The van der Waals surface area contributed by atoms with E-state index in [1.54, 1.807) is 0 Å². The molecule has 2 N–H and O–H groups in total. The second kappa shape index (κ2) is 5.53. The van der Waals surface area contributed by atoms with Crippen LogP contribution in [0.1, 0.15) is 38.5 Å². The lowest BCUT2D eigenvalue weighted by molar-refractivity contribution is 0.200. The molecule has 1 atom stereocenters. The third-order valence-electron chi connectivity index (χ3n) is 3.79. The van der Waals surface area contributed by atoms with Crippen molar-refractivity contribution in [3.05, 3.63) is 0 Å². The molecule has 2 rings (SSSR count). The highest BCUT2D eigenvalue weighted by molar-refractivity contribution is 5.74. The van der Waals surface area contributed by atoms with Gasteiger partial charge < -0.3 is 15.3 Å². The van der Waals surface area contributed by atoms with Gasteiger partial charge in [-0.2, -0.15) is 0 Å². The van der Waals surface area contributed by atoms with Gasteiger partial charge in [-0.05, 0) is 31.6 Å². The van der Waals surface area contributed by atoms with Crippen LogP contribution in [0.3, 0.4) is 0 Å². The minimum atomic E-state index is 0.104. The number of aliphatic hydroxyl groups is 1. The van der Waals surface area contributed by atoms with Crippen molar-refractivity contribution >= 4 is 6.03 Å². The Balaban J connectivity index is 1.73. The molecule has 0 aromatic rings. The van der Waals surface area contributed by atoms with E-state index in [-0.39, 0.29) is 12.6 Å². The molecule has 1 heterocycles. The zero-order valence-electron chi connectivity index (χ0n) is 9.82. The number of rotatable bonds is 3. The normalized spacial score (nSPS) is 26.3. The second-order valence-corrected chi connectivity index (χ2v) is 5.04. The zero-order valence-corrected chi connectivity index (χ0v) is 9.82. The van der Waals surface area contributed by atoms with Crippen LogP contribution in [0.5, 0.6) is 0 Å². The Morgan fingerprint density at radius 1 is 1.31 bits per heavy atom. The summed E-state index contributed by atoms with van der Waals surface area (Å²) in [4.78, 5) is 13.8. The molecule has 4 heteroatoms. The quantitative estimate of drug-likeness (QED) is 0.763. The van der Waals surface area contributed by atoms with Gasteiger partial charge in [0.2, 0.25) is 0 Å². The number of hydrogen-bond acceptors (Lipinski definition) is 2. The highest BCUT2D eigenvalue weighted by Crippen LogP contribution is 2.21. The van der Waals surface area contributed by atoms with Gasteiger partial charge in [-0.3, -0.25) is 0 Å². The fraction of sp³-hybridized carbons (Fsp3) is 0.917. The number of urea groups is 1. The number of carbonyl (C=O) groups excluding carboxylic acids is 1. The minimum Gasteiger partial charge on any atom is -0.396 e. The summed E-state index contributed by atoms with van der Waals surface area (Å²) < 4.78 is 0. The maximum atomic E-state index is 11.9. The third-order valence-corrected chi connectivity index (χ3v) is 3.79. The van der Waals surface area contributed by atoms with E-state index in [2.05, 4.69) is 5.32 Å². The van der Waals surface area contributed by atoms with Crippen LogP contribution in [0.15, 0.2) is 0 Å². The number of hydrogen-bond donors (Lipinski definition) is 2. The molecule has 4 nitrogen and oxygen atoms in total. The van der Waals surface area contributed by atoms with E-state index in [1.165, 1.54) is 12.8 Å². The van der Waals surface area contributed by atoms with Crippen molar-refractivity contribution in [1.29, 1.82) is 0 Å². The largest absolute Gasteiger partial charge is 0.396 e. The number of carbonyl (C=O) groups is 1. The van der Waals surface area contributed by atoms with Crippen LogP contribution in [0, 0.1) is 5.92 Å². The molecule has 2 amide bonds. The maximum absolute atomic E-state index is 11.9. The monoisotopic (exact) mass is 226 g/mol. The SMILES string of the molecule is O=C(NC1CCCC1)N1CCC(CCO)C1. The first kappa shape index (κ1) is 11.7. The molecule has 0 aromatic heterocycles. The number of likely N-dealkylation sites (tertiary alicyclic amines) is 1. The summed E-state index contributed by atoms with van der Waals surface area (Å²) in [5, 5.41) is 12.0.